The Morgan fingerprint density at radius 2 is 2.09 bits per heavy atom. The van der Waals surface area contributed by atoms with Crippen molar-refractivity contribution < 1.29 is 23.9 Å². The van der Waals surface area contributed by atoms with Crippen LogP contribution in [0.2, 0.25) is 5.02 Å². The fourth-order valence-electron chi connectivity index (χ4n) is 3.74. The highest BCUT2D eigenvalue weighted by molar-refractivity contribution is 6.31. The Labute approximate surface area is 200 Å². The quantitative estimate of drug-likeness (QED) is 0.207. The summed E-state index contributed by atoms with van der Waals surface area (Å²) in [5, 5.41) is 16.4. The van der Waals surface area contributed by atoms with Gasteiger partial charge in [0.05, 0.1) is 23.8 Å². The van der Waals surface area contributed by atoms with Gasteiger partial charge in [-0.05, 0) is 31.6 Å². The summed E-state index contributed by atoms with van der Waals surface area (Å²) in [6.45, 7) is 4.33. The molecule has 0 bridgehead atoms. The zero-order valence-electron chi connectivity index (χ0n) is 18.6. The number of hydrogen-bond donors (Lipinski definition) is 0. The number of nitro groups is 1. The van der Waals surface area contributed by atoms with Crippen molar-refractivity contribution in [3.05, 3.63) is 91.3 Å². The molecule has 0 N–H and O–H groups in total. The molecule has 0 unspecified atom stereocenters. The van der Waals surface area contributed by atoms with Crippen molar-refractivity contribution in [1.29, 1.82) is 0 Å². The van der Waals surface area contributed by atoms with E-state index >= 15 is 0 Å². The minimum Gasteiger partial charge on any atom is -0.467 e. The van der Waals surface area contributed by atoms with Gasteiger partial charge in [0.15, 0.2) is 6.79 Å². The number of benzene rings is 2. The highest BCUT2D eigenvalue weighted by Gasteiger charge is 2.21. The molecule has 2 heterocycles. The van der Waals surface area contributed by atoms with E-state index < -0.39 is 10.9 Å². The molecule has 176 valence electrons. The van der Waals surface area contributed by atoms with Gasteiger partial charge in [0.2, 0.25) is 0 Å². The average molecular weight is 484 g/mol. The molecule has 34 heavy (non-hydrogen) atoms. The second-order valence-electron chi connectivity index (χ2n) is 7.74. The van der Waals surface area contributed by atoms with Crippen LogP contribution in [0.3, 0.4) is 0 Å². The van der Waals surface area contributed by atoms with Gasteiger partial charge in [-0.1, -0.05) is 29.8 Å². The summed E-state index contributed by atoms with van der Waals surface area (Å²) in [6.07, 6.45) is 2.96. The third-order valence-electron chi connectivity index (χ3n) is 5.45. The van der Waals surface area contributed by atoms with E-state index in [0.29, 0.717) is 28.4 Å². The Kier molecular flexibility index (Phi) is 6.95. The Balaban J connectivity index is 1.46. The van der Waals surface area contributed by atoms with Gasteiger partial charge in [-0.2, -0.15) is 5.10 Å². The number of nitrogens with zero attached hydrogens (tertiary/aromatic N) is 3. The maximum atomic E-state index is 12.4. The standard InChI is InChI=1S/C24H22ClN3O6/c1-15-21(16(2)27(26-15)11-17-5-3-4-6-22(17)25)7-8-23(29)33-13-19-10-20(28(30)31)9-18-12-32-14-34-24(18)19/h3-10H,11-14H2,1-2H3/b8-7+. The van der Waals surface area contributed by atoms with Crippen LogP contribution in [0.15, 0.2) is 42.5 Å². The number of halogens is 1. The van der Waals surface area contributed by atoms with Gasteiger partial charge in [0.1, 0.15) is 12.4 Å². The third-order valence-corrected chi connectivity index (χ3v) is 5.82. The van der Waals surface area contributed by atoms with Crippen molar-refractivity contribution >= 4 is 29.3 Å². The zero-order chi connectivity index (χ0) is 24.2. The summed E-state index contributed by atoms with van der Waals surface area (Å²) >= 11 is 6.26. The van der Waals surface area contributed by atoms with Crippen LogP contribution in [0, 0.1) is 24.0 Å². The van der Waals surface area contributed by atoms with E-state index in [1.54, 1.807) is 6.08 Å². The van der Waals surface area contributed by atoms with Crippen LogP contribution in [-0.2, 0) is 34.0 Å². The van der Waals surface area contributed by atoms with Crippen molar-refractivity contribution in [1.82, 2.24) is 9.78 Å². The maximum absolute atomic E-state index is 12.4. The SMILES string of the molecule is Cc1nn(Cc2ccccc2Cl)c(C)c1/C=C/C(=O)OCc1cc([N+](=O)[O-])cc2c1OCOC2. The largest absolute Gasteiger partial charge is 0.467 e. The predicted molar refractivity (Wildman–Crippen MR) is 124 cm³/mol. The Morgan fingerprint density at radius 3 is 2.85 bits per heavy atom. The fourth-order valence-corrected chi connectivity index (χ4v) is 3.93. The lowest BCUT2D eigenvalue weighted by molar-refractivity contribution is -0.385. The maximum Gasteiger partial charge on any atom is 0.331 e. The van der Waals surface area contributed by atoms with Gasteiger partial charge in [0.25, 0.3) is 5.69 Å². The summed E-state index contributed by atoms with van der Waals surface area (Å²) in [4.78, 5) is 23.1. The van der Waals surface area contributed by atoms with Crippen LogP contribution in [0.4, 0.5) is 5.69 Å². The molecule has 4 rings (SSSR count). The number of hydrogen-bond acceptors (Lipinski definition) is 7. The highest BCUT2D eigenvalue weighted by Crippen LogP contribution is 2.33. The van der Waals surface area contributed by atoms with Crippen molar-refractivity contribution in [3.63, 3.8) is 0 Å². The first-order chi connectivity index (χ1) is 16.3. The van der Waals surface area contributed by atoms with E-state index in [4.69, 9.17) is 25.8 Å². The zero-order valence-corrected chi connectivity index (χ0v) is 19.4. The van der Waals surface area contributed by atoms with Crippen LogP contribution in [0.5, 0.6) is 5.75 Å². The molecule has 1 aliphatic rings. The molecule has 0 saturated heterocycles. The second kappa shape index (κ2) is 10.1. The molecule has 3 aromatic rings. The number of non-ortho nitro benzene ring substituents is 1. The number of carbonyl (C=O) groups excluding carboxylic acids is 1. The number of carbonyl (C=O) groups is 1. The molecule has 10 heteroatoms. The fraction of sp³-hybridized carbons (Fsp3) is 0.250. The van der Waals surface area contributed by atoms with Crippen molar-refractivity contribution in [2.24, 2.45) is 0 Å². The molecule has 9 nitrogen and oxygen atoms in total. The number of aryl methyl sites for hydroxylation is 1. The molecule has 0 fully saturated rings. The number of esters is 1. The van der Waals surface area contributed by atoms with Crippen LogP contribution < -0.4 is 4.74 Å². The lowest BCUT2D eigenvalue weighted by Crippen LogP contribution is -2.14. The minimum absolute atomic E-state index is 0.0302. The van der Waals surface area contributed by atoms with Gasteiger partial charge >= 0.3 is 5.97 Å². The number of fused-ring (bicyclic) bond motifs is 1. The highest BCUT2D eigenvalue weighted by atomic mass is 35.5. The van der Waals surface area contributed by atoms with Crippen molar-refractivity contribution in [3.8, 4) is 5.75 Å². The Morgan fingerprint density at radius 1 is 1.29 bits per heavy atom. The third kappa shape index (κ3) is 5.11. The second-order valence-corrected chi connectivity index (χ2v) is 8.14. The van der Waals surface area contributed by atoms with E-state index in [9.17, 15) is 14.9 Å². The van der Waals surface area contributed by atoms with Crippen LogP contribution in [0.25, 0.3) is 6.08 Å². The van der Waals surface area contributed by atoms with Crippen molar-refractivity contribution in [2.45, 2.75) is 33.6 Å². The molecule has 0 radical (unpaired) electrons. The topological polar surface area (TPSA) is 106 Å². The lowest BCUT2D eigenvalue weighted by Gasteiger charge is -2.20. The number of aromatic nitrogens is 2. The monoisotopic (exact) mass is 483 g/mol. The van der Waals surface area contributed by atoms with Gasteiger partial charge in [-0.25, -0.2) is 4.79 Å². The van der Waals surface area contributed by atoms with E-state index in [0.717, 1.165) is 22.5 Å². The molecule has 2 aromatic carbocycles. The van der Waals surface area contributed by atoms with Gasteiger partial charge < -0.3 is 14.2 Å². The summed E-state index contributed by atoms with van der Waals surface area (Å²) in [5.41, 5.74) is 4.22. The summed E-state index contributed by atoms with van der Waals surface area (Å²) in [5.74, 6) is -0.147. The van der Waals surface area contributed by atoms with Gasteiger partial charge in [-0.3, -0.25) is 14.8 Å². The smallest absolute Gasteiger partial charge is 0.331 e. The average Bonchev–Trinajstić information content (AvgIpc) is 3.09. The molecule has 0 saturated carbocycles. The predicted octanol–water partition coefficient (Wildman–Crippen LogP) is 4.73. The molecular formula is C24H22ClN3O6. The first kappa shape index (κ1) is 23.5. The normalized spacial score (nSPS) is 12.9. The lowest BCUT2D eigenvalue weighted by atomic mass is 10.1. The molecule has 0 aliphatic carbocycles. The number of ether oxygens (including phenoxy) is 3. The van der Waals surface area contributed by atoms with E-state index in [1.165, 1.54) is 18.2 Å². The molecule has 0 spiro atoms. The molecule has 0 atom stereocenters. The Hall–Kier alpha value is -3.69. The summed E-state index contributed by atoms with van der Waals surface area (Å²) < 4.78 is 17.8. The van der Waals surface area contributed by atoms with Crippen LogP contribution in [-0.4, -0.2) is 27.5 Å². The number of rotatable bonds is 7. The summed E-state index contributed by atoms with van der Waals surface area (Å²) in [7, 11) is 0. The van der Waals surface area contributed by atoms with Crippen LogP contribution >= 0.6 is 11.6 Å². The summed E-state index contributed by atoms with van der Waals surface area (Å²) in [6, 6.07) is 10.3. The van der Waals surface area contributed by atoms with E-state index in [-0.39, 0.29) is 25.7 Å². The van der Waals surface area contributed by atoms with E-state index in [2.05, 4.69) is 5.10 Å². The van der Waals surface area contributed by atoms with E-state index in [1.807, 2.05) is 42.8 Å². The van der Waals surface area contributed by atoms with Crippen LogP contribution in [0.1, 0.15) is 33.6 Å². The molecular weight excluding hydrogens is 462 g/mol. The van der Waals surface area contributed by atoms with Crippen molar-refractivity contribution in [2.75, 3.05) is 6.79 Å². The molecule has 1 aromatic heterocycles. The first-order valence-corrected chi connectivity index (χ1v) is 10.8. The number of nitro benzene ring substituents is 1. The van der Waals surface area contributed by atoms with Gasteiger partial charge in [0, 0.05) is 45.6 Å². The van der Waals surface area contributed by atoms with Gasteiger partial charge in [-0.15, -0.1) is 0 Å². The Bertz CT molecular complexity index is 1280. The first-order valence-electron chi connectivity index (χ1n) is 10.5. The minimum atomic E-state index is -0.593. The molecule has 0 amide bonds. The molecule has 1 aliphatic heterocycles.